The Morgan fingerprint density at radius 3 is 2.80 bits per heavy atom. The molecule has 0 saturated heterocycles. The molecule has 1 fully saturated rings. The van der Waals surface area contributed by atoms with Crippen LogP contribution in [-0.2, 0) is 0 Å². The summed E-state index contributed by atoms with van der Waals surface area (Å²) in [5, 5.41) is 14.5. The number of anilines is 1. The SMILES string of the molecule is CN(CCNc1ccc(Cl)cc1[N+](=O)[O-])C1CCCC1. The van der Waals surface area contributed by atoms with Gasteiger partial charge in [0.15, 0.2) is 0 Å². The maximum atomic E-state index is 11.0. The van der Waals surface area contributed by atoms with Gasteiger partial charge in [0.1, 0.15) is 5.69 Å². The molecule has 0 atom stereocenters. The van der Waals surface area contributed by atoms with Crippen molar-refractivity contribution in [2.45, 2.75) is 31.7 Å². The summed E-state index contributed by atoms with van der Waals surface area (Å²) in [6.07, 6.45) is 5.14. The van der Waals surface area contributed by atoms with E-state index in [0.29, 0.717) is 23.3 Å². The molecule has 0 amide bonds. The summed E-state index contributed by atoms with van der Waals surface area (Å²) in [4.78, 5) is 12.9. The molecule has 1 aromatic carbocycles. The lowest BCUT2D eigenvalue weighted by atomic mass is 10.2. The first kappa shape index (κ1) is 15.1. The molecule has 20 heavy (non-hydrogen) atoms. The smallest absolute Gasteiger partial charge is 0.293 e. The zero-order valence-electron chi connectivity index (χ0n) is 11.6. The lowest BCUT2D eigenvalue weighted by Crippen LogP contribution is -2.33. The van der Waals surface area contributed by atoms with E-state index in [1.54, 1.807) is 12.1 Å². The molecule has 1 aromatic rings. The van der Waals surface area contributed by atoms with Gasteiger partial charge in [-0.05, 0) is 32.0 Å². The van der Waals surface area contributed by atoms with Gasteiger partial charge in [-0.3, -0.25) is 10.1 Å². The van der Waals surface area contributed by atoms with Crippen LogP contribution in [-0.4, -0.2) is 36.0 Å². The fourth-order valence-electron chi connectivity index (χ4n) is 2.70. The molecule has 0 unspecified atom stereocenters. The highest BCUT2D eigenvalue weighted by Crippen LogP contribution is 2.27. The zero-order chi connectivity index (χ0) is 14.5. The maximum Gasteiger partial charge on any atom is 0.293 e. The Bertz CT molecular complexity index is 475. The molecule has 0 aromatic heterocycles. The van der Waals surface area contributed by atoms with Crippen molar-refractivity contribution >= 4 is 23.0 Å². The van der Waals surface area contributed by atoms with Crippen LogP contribution in [0.1, 0.15) is 25.7 Å². The van der Waals surface area contributed by atoms with Gasteiger partial charge in [0.2, 0.25) is 0 Å². The van der Waals surface area contributed by atoms with Crippen molar-refractivity contribution in [3.63, 3.8) is 0 Å². The van der Waals surface area contributed by atoms with Gasteiger partial charge in [0, 0.05) is 30.2 Å². The van der Waals surface area contributed by atoms with Crippen molar-refractivity contribution in [2.24, 2.45) is 0 Å². The normalized spacial score (nSPS) is 15.8. The van der Waals surface area contributed by atoms with Gasteiger partial charge in [-0.2, -0.15) is 0 Å². The number of likely N-dealkylation sites (N-methyl/N-ethyl adjacent to an activating group) is 1. The van der Waals surface area contributed by atoms with Gasteiger partial charge in [0.25, 0.3) is 5.69 Å². The van der Waals surface area contributed by atoms with Crippen molar-refractivity contribution in [3.8, 4) is 0 Å². The average Bonchev–Trinajstić information content (AvgIpc) is 2.94. The molecule has 1 N–H and O–H groups in total. The summed E-state index contributed by atoms with van der Waals surface area (Å²) in [5.74, 6) is 0. The van der Waals surface area contributed by atoms with Crippen LogP contribution in [0.5, 0.6) is 0 Å². The molecule has 1 aliphatic rings. The molecule has 1 saturated carbocycles. The lowest BCUT2D eigenvalue weighted by Gasteiger charge is -2.24. The number of benzene rings is 1. The Balaban J connectivity index is 1.89. The van der Waals surface area contributed by atoms with Gasteiger partial charge >= 0.3 is 0 Å². The molecule has 0 spiro atoms. The van der Waals surface area contributed by atoms with Crippen molar-refractivity contribution < 1.29 is 4.92 Å². The third-order valence-electron chi connectivity index (χ3n) is 3.88. The summed E-state index contributed by atoms with van der Waals surface area (Å²) >= 11 is 5.79. The van der Waals surface area contributed by atoms with Crippen molar-refractivity contribution in [1.82, 2.24) is 4.90 Å². The van der Waals surface area contributed by atoms with Crippen molar-refractivity contribution in [1.29, 1.82) is 0 Å². The minimum atomic E-state index is -0.408. The Labute approximate surface area is 124 Å². The highest BCUT2D eigenvalue weighted by Gasteiger charge is 2.19. The largest absolute Gasteiger partial charge is 0.378 e. The summed E-state index contributed by atoms with van der Waals surface area (Å²) in [6, 6.07) is 5.37. The van der Waals surface area contributed by atoms with Crippen LogP contribution in [0.15, 0.2) is 18.2 Å². The number of nitrogens with zero attached hydrogens (tertiary/aromatic N) is 2. The standard InChI is InChI=1S/C14H20ClN3O2/c1-17(12-4-2-3-5-12)9-8-16-13-7-6-11(15)10-14(13)18(19)20/h6-7,10,12,16H,2-5,8-9H2,1H3. The second-order valence-corrected chi connectivity index (χ2v) is 5.70. The average molecular weight is 298 g/mol. The zero-order valence-corrected chi connectivity index (χ0v) is 12.4. The third-order valence-corrected chi connectivity index (χ3v) is 4.12. The van der Waals surface area contributed by atoms with E-state index in [0.717, 1.165) is 6.54 Å². The maximum absolute atomic E-state index is 11.0. The van der Waals surface area contributed by atoms with Crippen LogP contribution in [0.4, 0.5) is 11.4 Å². The molecule has 0 heterocycles. The van der Waals surface area contributed by atoms with Gasteiger partial charge in [-0.25, -0.2) is 0 Å². The first-order valence-corrected chi connectivity index (χ1v) is 7.34. The van der Waals surface area contributed by atoms with E-state index < -0.39 is 4.92 Å². The molecule has 5 nitrogen and oxygen atoms in total. The van der Waals surface area contributed by atoms with Crippen LogP contribution >= 0.6 is 11.6 Å². The van der Waals surface area contributed by atoms with Crippen molar-refractivity contribution in [2.75, 3.05) is 25.5 Å². The van der Waals surface area contributed by atoms with Gasteiger partial charge in [-0.15, -0.1) is 0 Å². The van der Waals surface area contributed by atoms with Crippen molar-refractivity contribution in [3.05, 3.63) is 33.3 Å². The lowest BCUT2D eigenvalue weighted by molar-refractivity contribution is -0.383. The Hall–Kier alpha value is -1.33. The number of nitro groups is 1. The molecular formula is C14H20ClN3O2. The van der Waals surface area contributed by atoms with E-state index in [-0.39, 0.29) is 5.69 Å². The topological polar surface area (TPSA) is 58.4 Å². The highest BCUT2D eigenvalue weighted by atomic mass is 35.5. The van der Waals surface area contributed by atoms with Gasteiger partial charge < -0.3 is 10.2 Å². The number of nitrogens with one attached hydrogen (secondary N) is 1. The van der Waals surface area contributed by atoms with Crippen LogP contribution in [0.25, 0.3) is 0 Å². The summed E-state index contributed by atoms with van der Waals surface area (Å²) in [7, 11) is 2.12. The van der Waals surface area contributed by atoms with E-state index in [2.05, 4.69) is 17.3 Å². The number of rotatable bonds is 6. The highest BCUT2D eigenvalue weighted by molar-refractivity contribution is 6.30. The predicted molar refractivity (Wildman–Crippen MR) is 81.5 cm³/mol. The fraction of sp³-hybridized carbons (Fsp3) is 0.571. The van der Waals surface area contributed by atoms with Crippen LogP contribution < -0.4 is 5.32 Å². The van der Waals surface area contributed by atoms with Crippen LogP contribution in [0.2, 0.25) is 5.02 Å². The predicted octanol–water partition coefficient (Wildman–Crippen LogP) is 3.53. The minimum Gasteiger partial charge on any atom is -0.378 e. The molecular weight excluding hydrogens is 278 g/mol. The Kier molecular flexibility index (Phi) is 5.20. The van der Waals surface area contributed by atoms with Gasteiger partial charge in [0.05, 0.1) is 4.92 Å². The van der Waals surface area contributed by atoms with E-state index in [4.69, 9.17) is 11.6 Å². The molecule has 1 aliphatic carbocycles. The molecule has 2 rings (SSSR count). The second-order valence-electron chi connectivity index (χ2n) is 5.26. The number of hydrogen-bond acceptors (Lipinski definition) is 4. The minimum absolute atomic E-state index is 0.0287. The number of nitro benzene ring substituents is 1. The van der Waals surface area contributed by atoms with E-state index in [9.17, 15) is 10.1 Å². The summed E-state index contributed by atoms with van der Waals surface area (Å²) < 4.78 is 0. The first-order chi connectivity index (χ1) is 9.58. The van der Waals surface area contributed by atoms with Crippen LogP contribution in [0, 0.1) is 10.1 Å². The van der Waals surface area contributed by atoms with E-state index in [1.807, 2.05) is 0 Å². The first-order valence-electron chi connectivity index (χ1n) is 6.96. The summed E-state index contributed by atoms with van der Waals surface area (Å²) in [6.45, 7) is 1.57. The fourth-order valence-corrected chi connectivity index (χ4v) is 2.87. The van der Waals surface area contributed by atoms with E-state index in [1.165, 1.54) is 31.7 Å². The Morgan fingerprint density at radius 2 is 2.15 bits per heavy atom. The van der Waals surface area contributed by atoms with Gasteiger partial charge in [-0.1, -0.05) is 24.4 Å². The molecule has 110 valence electrons. The van der Waals surface area contributed by atoms with E-state index >= 15 is 0 Å². The summed E-state index contributed by atoms with van der Waals surface area (Å²) in [5.41, 5.74) is 0.556. The molecule has 0 bridgehead atoms. The molecule has 0 radical (unpaired) electrons. The molecule has 6 heteroatoms. The monoisotopic (exact) mass is 297 g/mol. The Morgan fingerprint density at radius 1 is 1.45 bits per heavy atom. The second kappa shape index (κ2) is 6.90. The van der Waals surface area contributed by atoms with Crippen LogP contribution in [0.3, 0.4) is 0 Å². The number of halogens is 1. The quantitative estimate of drug-likeness (QED) is 0.644. The molecule has 0 aliphatic heterocycles. The third kappa shape index (κ3) is 3.84. The number of hydrogen-bond donors (Lipinski definition) is 1.